The fourth-order valence-electron chi connectivity index (χ4n) is 12.8. The number of benzene rings is 6. The van der Waals surface area contributed by atoms with Crippen molar-refractivity contribution in [2.24, 2.45) is 59.2 Å². The van der Waals surface area contributed by atoms with E-state index in [4.69, 9.17) is 11.6 Å². The average molecular weight is 1020 g/mol. The Morgan fingerprint density at radius 3 is 1.35 bits per heavy atom. The van der Waals surface area contributed by atoms with Crippen molar-refractivity contribution in [3.63, 3.8) is 0 Å². The molecule has 0 spiro atoms. The van der Waals surface area contributed by atoms with Crippen LogP contribution in [0.2, 0.25) is 5.02 Å². The van der Waals surface area contributed by atoms with E-state index in [2.05, 4.69) is 104 Å². The van der Waals surface area contributed by atoms with Gasteiger partial charge in [-0.05, 0) is 135 Å². The van der Waals surface area contributed by atoms with Crippen molar-refractivity contribution >= 4 is 34.7 Å². The standard InChI is InChI=1S/C36H44O2.C34H39ClO2/c1-6-30(32(14-10-11-24(2)3)35(37)28-18-15-25(4)16-19-28)33-23-29-21-26(5)17-20-31(29)36(38)34(33)22-27-12-8-7-9-13-27;1-5-28(30(17-11-22(2)3)33(36)25-14-12-23(4)13-15-25)31-21-26-20-27(35)16-18-29(26)34(37)32(31)19-24-9-7-6-8-10-24/h7-9,12-13,15-21,24,30,32-34H,6,10-11,14,22-23H2,1-5H3;6-10,12-16,18,20,22,28,30-32H,5,11,17,19,21H2,1-4H3. The molecular formula is C70H83ClO4. The first-order valence-corrected chi connectivity index (χ1v) is 28.7. The Bertz CT molecular complexity index is 2830. The van der Waals surface area contributed by atoms with Crippen LogP contribution in [0.1, 0.15) is 167 Å². The molecule has 6 aromatic carbocycles. The molecule has 0 amide bonds. The first kappa shape index (κ1) is 57.0. The molecule has 2 aliphatic carbocycles. The molecule has 0 saturated heterocycles. The molecule has 0 radical (unpaired) electrons. The summed E-state index contributed by atoms with van der Waals surface area (Å²) in [7, 11) is 0. The Morgan fingerprint density at radius 1 is 0.493 bits per heavy atom. The molecule has 6 aromatic rings. The molecule has 0 aliphatic heterocycles. The highest BCUT2D eigenvalue weighted by Gasteiger charge is 2.45. The second-order valence-corrected chi connectivity index (χ2v) is 23.6. The number of fused-ring (bicyclic) bond motifs is 2. The van der Waals surface area contributed by atoms with Gasteiger partial charge < -0.3 is 0 Å². The number of ketones is 4. The lowest BCUT2D eigenvalue weighted by Gasteiger charge is -2.40. The largest absolute Gasteiger partial charge is 0.294 e. The van der Waals surface area contributed by atoms with E-state index in [9.17, 15) is 19.2 Å². The van der Waals surface area contributed by atoms with Gasteiger partial charge in [0.25, 0.3) is 0 Å². The molecule has 2 aliphatic rings. The third-order valence-electron chi connectivity index (χ3n) is 16.8. The Balaban J connectivity index is 0.000000219. The summed E-state index contributed by atoms with van der Waals surface area (Å²) in [6.07, 6.45) is 9.69. The Morgan fingerprint density at radius 2 is 0.907 bits per heavy atom. The second kappa shape index (κ2) is 26.9. The molecule has 4 nitrogen and oxygen atoms in total. The summed E-state index contributed by atoms with van der Waals surface area (Å²) in [6.45, 7) is 19.6. The molecule has 0 fully saturated rings. The van der Waals surface area contributed by atoms with Crippen LogP contribution in [-0.2, 0) is 25.7 Å². The zero-order chi connectivity index (χ0) is 53.8. The van der Waals surface area contributed by atoms with Gasteiger partial charge in [-0.15, -0.1) is 0 Å². The zero-order valence-electron chi connectivity index (χ0n) is 46.4. The highest BCUT2D eigenvalue weighted by Crippen LogP contribution is 2.45. The molecule has 0 N–H and O–H groups in total. The van der Waals surface area contributed by atoms with E-state index in [0.29, 0.717) is 23.3 Å². The second-order valence-electron chi connectivity index (χ2n) is 23.1. The molecule has 394 valence electrons. The van der Waals surface area contributed by atoms with Crippen LogP contribution < -0.4 is 0 Å². The molecule has 8 rings (SSSR count). The summed E-state index contributed by atoms with van der Waals surface area (Å²) in [5.41, 5.74) is 11.3. The normalized spacial score (nSPS) is 18.8. The predicted octanol–water partition coefficient (Wildman–Crippen LogP) is 17.7. The number of hydrogen-bond acceptors (Lipinski definition) is 4. The molecule has 8 unspecified atom stereocenters. The van der Waals surface area contributed by atoms with Crippen molar-refractivity contribution in [2.75, 3.05) is 0 Å². The van der Waals surface area contributed by atoms with Gasteiger partial charge in [-0.2, -0.15) is 0 Å². The first-order chi connectivity index (χ1) is 36.1. The number of aryl methyl sites for hydroxylation is 3. The van der Waals surface area contributed by atoms with Crippen molar-refractivity contribution in [1.82, 2.24) is 0 Å². The zero-order valence-corrected chi connectivity index (χ0v) is 47.2. The van der Waals surface area contributed by atoms with Crippen LogP contribution in [0, 0.1) is 80.0 Å². The van der Waals surface area contributed by atoms with Crippen LogP contribution >= 0.6 is 11.6 Å². The monoisotopic (exact) mass is 1020 g/mol. The lowest BCUT2D eigenvalue weighted by atomic mass is 9.62. The first-order valence-electron chi connectivity index (χ1n) is 28.3. The van der Waals surface area contributed by atoms with E-state index in [1.807, 2.05) is 104 Å². The minimum atomic E-state index is -0.159. The summed E-state index contributed by atoms with van der Waals surface area (Å²) < 4.78 is 0. The van der Waals surface area contributed by atoms with Crippen LogP contribution in [0.3, 0.4) is 0 Å². The van der Waals surface area contributed by atoms with E-state index in [0.717, 1.165) is 109 Å². The summed E-state index contributed by atoms with van der Waals surface area (Å²) in [5, 5.41) is 0.659. The minimum absolute atomic E-state index is 0.0789. The maximum absolute atomic E-state index is 14.1. The van der Waals surface area contributed by atoms with E-state index in [1.54, 1.807) is 0 Å². The average Bonchev–Trinajstić information content (AvgIpc) is 3.40. The van der Waals surface area contributed by atoms with E-state index >= 15 is 0 Å². The highest BCUT2D eigenvalue weighted by atomic mass is 35.5. The number of rotatable bonds is 21. The maximum Gasteiger partial charge on any atom is 0.166 e. The Hall–Kier alpha value is -5.71. The molecule has 0 bridgehead atoms. The van der Waals surface area contributed by atoms with Crippen molar-refractivity contribution in [1.29, 1.82) is 0 Å². The third kappa shape index (κ3) is 14.6. The molecule has 0 heterocycles. The van der Waals surface area contributed by atoms with E-state index < -0.39 is 0 Å². The lowest BCUT2D eigenvalue weighted by molar-refractivity contribution is 0.0641. The number of Topliss-reactive ketones (excluding diaryl/α,β-unsaturated/α-hetero) is 4. The van der Waals surface area contributed by atoms with Gasteiger partial charge >= 0.3 is 0 Å². The number of hydrogen-bond donors (Lipinski definition) is 0. The molecule has 5 heteroatoms. The van der Waals surface area contributed by atoms with Gasteiger partial charge in [0, 0.05) is 50.9 Å². The summed E-state index contributed by atoms with van der Waals surface area (Å²) in [5.74, 6) is 2.05. The highest BCUT2D eigenvalue weighted by molar-refractivity contribution is 6.30. The van der Waals surface area contributed by atoms with Crippen LogP contribution in [0.15, 0.2) is 146 Å². The molecule has 8 atom stereocenters. The molecule has 75 heavy (non-hydrogen) atoms. The van der Waals surface area contributed by atoms with Gasteiger partial charge in [-0.25, -0.2) is 0 Å². The van der Waals surface area contributed by atoms with Gasteiger partial charge in [-0.1, -0.05) is 229 Å². The molecule has 0 aromatic heterocycles. The fraction of sp³-hybridized carbons (Fsp3) is 0.429. The number of carbonyl (C=O) groups excluding carboxylic acids is 4. The van der Waals surface area contributed by atoms with Crippen LogP contribution in [-0.4, -0.2) is 23.1 Å². The van der Waals surface area contributed by atoms with Crippen LogP contribution in [0.4, 0.5) is 0 Å². The van der Waals surface area contributed by atoms with E-state index in [-0.39, 0.29) is 70.5 Å². The Labute approximate surface area is 455 Å². The van der Waals surface area contributed by atoms with Crippen molar-refractivity contribution in [3.05, 3.63) is 212 Å². The van der Waals surface area contributed by atoms with E-state index in [1.165, 1.54) is 16.7 Å². The van der Waals surface area contributed by atoms with Gasteiger partial charge in [0.15, 0.2) is 23.1 Å². The SMILES string of the molecule is CCC(C(CCC(C)C)C(=O)c1ccc(C)cc1)C1Cc2cc(Cl)ccc2C(=O)C1Cc1ccccc1.CCC(C(CCCC(C)C)C(=O)c1ccc(C)cc1)C1Cc2cc(C)ccc2C(=O)C1Cc1ccccc1. The fourth-order valence-corrected chi connectivity index (χ4v) is 13.0. The maximum atomic E-state index is 14.1. The summed E-state index contributed by atoms with van der Waals surface area (Å²) in [4.78, 5) is 56.3. The van der Waals surface area contributed by atoms with Crippen molar-refractivity contribution in [2.45, 2.75) is 133 Å². The topological polar surface area (TPSA) is 68.3 Å². The molecular weight excluding hydrogens is 940 g/mol. The number of carbonyl (C=O) groups is 4. The quantitative estimate of drug-likeness (QED) is 0.0674. The third-order valence-corrected chi connectivity index (χ3v) is 17.1. The van der Waals surface area contributed by atoms with Gasteiger partial charge in [-0.3, -0.25) is 19.2 Å². The van der Waals surface area contributed by atoms with Gasteiger partial charge in [0.2, 0.25) is 0 Å². The summed E-state index contributed by atoms with van der Waals surface area (Å²) in [6, 6.07) is 48.7. The van der Waals surface area contributed by atoms with Crippen molar-refractivity contribution in [3.8, 4) is 0 Å². The summed E-state index contributed by atoms with van der Waals surface area (Å²) >= 11 is 6.38. The lowest BCUT2D eigenvalue weighted by Crippen LogP contribution is -2.41. The predicted molar refractivity (Wildman–Crippen MR) is 311 cm³/mol. The van der Waals surface area contributed by atoms with Crippen molar-refractivity contribution < 1.29 is 19.2 Å². The minimum Gasteiger partial charge on any atom is -0.294 e. The smallest absolute Gasteiger partial charge is 0.166 e. The number of halogens is 1. The van der Waals surface area contributed by atoms with Crippen LogP contribution in [0.25, 0.3) is 0 Å². The van der Waals surface area contributed by atoms with Gasteiger partial charge in [0.1, 0.15) is 0 Å². The Kier molecular flexibility index (Phi) is 20.4. The van der Waals surface area contributed by atoms with Gasteiger partial charge in [0.05, 0.1) is 0 Å². The van der Waals surface area contributed by atoms with Crippen LogP contribution in [0.5, 0.6) is 0 Å². The molecule has 0 saturated carbocycles.